The van der Waals surface area contributed by atoms with Gasteiger partial charge in [0, 0.05) is 15.6 Å². The Kier molecular flexibility index (Phi) is 8.06. The second-order valence-corrected chi connectivity index (χ2v) is 10.1. The zero-order valence-corrected chi connectivity index (χ0v) is 22.1. The lowest BCUT2D eigenvalue weighted by molar-refractivity contribution is -0.123. The van der Waals surface area contributed by atoms with E-state index in [1.165, 1.54) is 25.3 Å². The maximum absolute atomic E-state index is 14.2. The molecule has 1 heterocycles. The lowest BCUT2D eigenvalue weighted by Crippen LogP contribution is -2.28. The Balaban J connectivity index is 1.54. The molecule has 2 amide bonds. The summed E-state index contributed by atoms with van der Waals surface area (Å²) < 4.78 is 26.2. The number of carbonyl (C=O) groups excluding carboxylic acids is 2. The molecule has 5 nitrogen and oxygen atoms in total. The Hall–Kier alpha value is -2.52. The highest BCUT2D eigenvalue weighted by atomic mass is 79.9. The molecule has 4 rings (SSSR count). The molecule has 180 valence electrons. The molecular formula is C25H17BrCl2FNO4S. The highest BCUT2D eigenvalue weighted by Crippen LogP contribution is 2.40. The molecule has 0 radical (unpaired) electrons. The first kappa shape index (κ1) is 25.6. The Morgan fingerprint density at radius 3 is 2.54 bits per heavy atom. The standard InChI is InChI=1S/C25H17BrCl2FNO4S/c1-33-21-10-15(9-18(26)23(21)34-13-14-5-7-16(27)8-6-14)11-22-24(31)30(25(32)35-22)12-17-19(28)3-2-4-20(17)29/h2-11H,12-13H2,1H3/b22-11-. The van der Waals surface area contributed by atoms with Gasteiger partial charge in [-0.05, 0) is 81.3 Å². The van der Waals surface area contributed by atoms with Crippen molar-refractivity contribution in [3.8, 4) is 11.5 Å². The fourth-order valence-electron chi connectivity index (χ4n) is 3.33. The predicted octanol–water partition coefficient (Wildman–Crippen LogP) is 7.72. The fourth-order valence-corrected chi connectivity index (χ4v) is 5.09. The van der Waals surface area contributed by atoms with Gasteiger partial charge in [-0.15, -0.1) is 0 Å². The molecule has 10 heteroatoms. The summed E-state index contributed by atoms with van der Waals surface area (Å²) in [5.41, 5.74) is 1.63. The normalized spacial score (nSPS) is 14.7. The first-order valence-corrected chi connectivity index (χ1v) is 12.6. The summed E-state index contributed by atoms with van der Waals surface area (Å²) >= 11 is 16.3. The van der Waals surface area contributed by atoms with Crippen molar-refractivity contribution in [2.75, 3.05) is 7.11 Å². The number of hydrogen-bond donors (Lipinski definition) is 0. The Bertz CT molecular complexity index is 1310. The van der Waals surface area contributed by atoms with Crippen molar-refractivity contribution in [1.29, 1.82) is 0 Å². The molecule has 1 fully saturated rings. The minimum absolute atomic E-state index is 0.0873. The highest BCUT2D eigenvalue weighted by molar-refractivity contribution is 9.10. The van der Waals surface area contributed by atoms with Gasteiger partial charge in [-0.1, -0.05) is 41.4 Å². The molecule has 3 aromatic carbocycles. The Labute approximate surface area is 223 Å². The SMILES string of the molecule is COc1cc(/C=C2\SC(=O)N(Cc3c(F)cccc3Cl)C2=O)cc(Br)c1OCc1ccc(Cl)cc1. The number of hydrogen-bond acceptors (Lipinski definition) is 5. The van der Waals surface area contributed by atoms with E-state index in [0.29, 0.717) is 33.2 Å². The van der Waals surface area contributed by atoms with Crippen LogP contribution in [0.3, 0.4) is 0 Å². The third-order valence-corrected chi connectivity index (χ3v) is 7.20. The lowest BCUT2D eigenvalue weighted by atomic mass is 10.1. The zero-order valence-electron chi connectivity index (χ0n) is 18.2. The van der Waals surface area contributed by atoms with Crippen molar-refractivity contribution >= 4 is 68.1 Å². The van der Waals surface area contributed by atoms with Crippen LogP contribution in [0.4, 0.5) is 9.18 Å². The van der Waals surface area contributed by atoms with Crippen molar-refractivity contribution in [3.63, 3.8) is 0 Å². The second kappa shape index (κ2) is 11.0. The second-order valence-electron chi connectivity index (χ2n) is 7.42. The summed E-state index contributed by atoms with van der Waals surface area (Å²) in [6, 6.07) is 14.9. The first-order chi connectivity index (χ1) is 16.8. The van der Waals surface area contributed by atoms with Gasteiger partial charge in [-0.3, -0.25) is 14.5 Å². The predicted molar refractivity (Wildman–Crippen MR) is 139 cm³/mol. The van der Waals surface area contributed by atoms with Crippen LogP contribution in [-0.4, -0.2) is 23.2 Å². The molecule has 1 aliphatic rings. The van der Waals surface area contributed by atoms with Crippen LogP contribution in [0.15, 0.2) is 64.0 Å². The van der Waals surface area contributed by atoms with Gasteiger partial charge in [-0.25, -0.2) is 4.39 Å². The molecule has 3 aromatic rings. The third-order valence-electron chi connectivity index (χ3n) is 5.10. The van der Waals surface area contributed by atoms with Crippen LogP contribution in [-0.2, 0) is 17.9 Å². The molecule has 35 heavy (non-hydrogen) atoms. The van der Waals surface area contributed by atoms with Crippen LogP contribution in [0.2, 0.25) is 10.0 Å². The van der Waals surface area contributed by atoms with Crippen LogP contribution < -0.4 is 9.47 Å². The molecule has 0 atom stereocenters. The van der Waals surface area contributed by atoms with Crippen LogP contribution >= 0.6 is 50.9 Å². The average molecular weight is 597 g/mol. The van der Waals surface area contributed by atoms with E-state index < -0.39 is 17.0 Å². The van der Waals surface area contributed by atoms with Crippen molar-refractivity contribution < 1.29 is 23.5 Å². The van der Waals surface area contributed by atoms with E-state index in [9.17, 15) is 14.0 Å². The van der Waals surface area contributed by atoms with E-state index in [2.05, 4.69) is 15.9 Å². The van der Waals surface area contributed by atoms with Crippen molar-refractivity contribution in [2.24, 2.45) is 0 Å². The molecule has 1 aliphatic heterocycles. The van der Waals surface area contributed by atoms with Crippen LogP contribution in [0, 0.1) is 5.82 Å². The molecule has 0 aliphatic carbocycles. The Morgan fingerprint density at radius 2 is 1.86 bits per heavy atom. The van der Waals surface area contributed by atoms with Gasteiger partial charge in [0.05, 0.1) is 23.0 Å². The van der Waals surface area contributed by atoms with E-state index in [1.807, 2.05) is 12.1 Å². The number of imide groups is 1. The molecule has 0 bridgehead atoms. The van der Waals surface area contributed by atoms with E-state index in [1.54, 1.807) is 30.3 Å². The molecule has 0 aromatic heterocycles. The molecule has 0 unspecified atom stereocenters. The number of ether oxygens (including phenoxy) is 2. The summed E-state index contributed by atoms with van der Waals surface area (Å²) in [4.78, 5) is 26.6. The Morgan fingerprint density at radius 1 is 1.11 bits per heavy atom. The van der Waals surface area contributed by atoms with Gasteiger partial charge < -0.3 is 9.47 Å². The van der Waals surface area contributed by atoms with Gasteiger partial charge in [-0.2, -0.15) is 0 Å². The van der Waals surface area contributed by atoms with Crippen LogP contribution in [0.5, 0.6) is 11.5 Å². The maximum Gasteiger partial charge on any atom is 0.293 e. The van der Waals surface area contributed by atoms with Crippen LogP contribution in [0.25, 0.3) is 6.08 Å². The van der Waals surface area contributed by atoms with Gasteiger partial charge in [0.2, 0.25) is 0 Å². The summed E-state index contributed by atoms with van der Waals surface area (Å²) in [6.07, 6.45) is 1.57. The van der Waals surface area contributed by atoms with Crippen molar-refractivity contribution in [3.05, 3.63) is 96.5 Å². The van der Waals surface area contributed by atoms with E-state index >= 15 is 0 Å². The average Bonchev–Trinajstić information content (AvgIpc) is 3.08. The number of rotatable bonds is 7. The number of nitrogens with zero attached hydrogens (tertiary/aromatic N) is 1. The molecular weight excluding hydrogens is 580 g/mol. The number of thioether (sulfide) groups is 1. The quantitative estimate of drug-likeness (QED) is 0.261. The highest BCUT2D eigenvalue weighted by Gasteiger charge is 2.36. The van der Waals surface area contributed by atoms with Crippen molar-refractivity contribution in [2.45, 2.75) is 13.2 Å². The number of benzene rings is 3. The number of amides is 2. The van der Waals surface area contributed by atoms with Gasteiger partial charge in [0.1, 0.15) is 12.4 Å². The van der Waals surface area contributed by atoms with E-state index in [4.69, 9.17) is 32.7 Å². The third kappa shape index (κ3) is 5.83. The molecule has 0 spiro atoms. The minimum atomic E-state index is -0.580. The van der Waals surface area contributed by atoms with E-state index in [0.717, 1.165) is 22.2 Å². The smallest absolute Gasteiger partial charge is 0.293 e. The summed E-state index contributed by atoms with van der Waals surface area (Å²) in [5.74, 6) is -0.181. The van der Waals surface area contributed by atoms with Crippen LogP contribution in [0.1, 0.15) is 16.7 Å². The van der Waals surface area contributed by atoms with Gasteiger partial charge in [0.25, 0.3) is 11.1 Å². The molecule has 0 N–H and O–H groups in total. The van der Waals surface area contributed by atoms with E-state index in [-0.39, 0.29) is 22.0 Å². The topological polar surface area (TPSA) is 55.8 Å². The number of carbonyl (C=O) groups is 2. The fraction of sp³-hybridized carbons (Fsp3) is 0.120. The molecule has 1 saturated heterocycles. The minimum Gasteiger partial charge on any atom is -0.493 e. The van der Waals surface area contributed by atoms with Crippen molar-refractivity contribution in [1.82, 2.24) is 4.90 Å². The molecule has 0 saturated carbocycles. The van der Waals surface area contributed by atoms with Gasteiger partial charge in [0.15, 0.2) is 11.5 Å². The number of methoxy groups -OCH3 is 1. The first-order valence-electron chi connectivity index (χ1n) is 10.2. The largest absolute Gasteiger partial charge is 0.493 e. The summed E-state index contributed by atoms with van der Waals surface area (Å²) in [5, 5.41) is 0.281. The summed E-state index contributed by atoms with van der Waals surface area (Å²) in [6.45, 7) is 0.0426. The maximum atomic E-state index is 14.2. The lowest BCUT2D eigenvalue weighted by Gasteiger charge is -2.14. The summed E-state index contributed by atoms with van der Waals surface area (Å²) in [7, 11) is 1.51. The number of halogens is 4. The monoisotopic (exact) mass is 595 g/mol. The van der Waals surface area contributed by atoms with Gasteiger partial charge >= 0.3 is 0 Å². The zero-order chi connectivity index (χ0) is 25.1.